The van der Waals surface area contributed by atoms with Crippen molar-refractivity contribution in [2.24, 2.45) is 0 Å². The maximum atomic E-state index is 10.8. The number of fused-ring (bicyclic) bond motifs is 1. The molecule has 1 N–H and O–H groups in total. The number of hydrogen-bond acceptors (Lipinski definition) is 5. The highest BCUT2D eigenvalue weighted by atomic mass is 35.5. The molecule has 0 saturated carbocycles. The molecule has 162 valence electrons. The average molecular weight is 441 g/mol. The van der Waals surface area contributed by atoms with E-state index in [-0.39, 0.29) is 12.5 Å². The highest BCUT2D eigenvalue weighted by molar-refractivity contribution is 6.32. The number of carboxylic acid groups (broad SMARTS) is 1. The fourth-order valence-corrected chi connectivity index (χ4v) is 4.08. The first-order chi connectivity index (χ1) is 14.9. The molecule has 1 aliphatic heterocycles. The van der Waals surface area contributed by atoms with Crippen LogP contribution in [0, 0.1) is 0 Å². The molecule has 2 aromatic carbocycles. The van der Waals surface area contributed by atoms with Crippen LogP contribution in [0.25, 0.3) is 22.7 Å². The zero-order valence-corrected chi connectivity index (χ0v) is 18.4. The van der Waals surface area contributed by atoms with Gasteiger partial charge >= 0.3 is 5.97 Å². The van der Waals surface area contributed by atoms with Crippen molar-refractivity contribution >= 4 is 17.6 Å². The number of rotatable bonds is 8. The molecule has 31 heavy (non-hydrogen) atoms. The van der Waals surface area contributed by atoms with Crippen LogP contribution in [-0.2, 0) is 17.9 Å². The fraction of sp³-hybridized carbons (Fsp3) is 0.333. The van der Waals surface area contributed by atoms with Gasteiger partial charge in [-0.3, -0.25) is 9.69 Å². The van der Waals surface area contributed by atoms with Crippen LogP contribution in [0.4, 0.5) is 0 Å². The maximum absolute atomic E-state index is 10.8. The van der Waals surface area contributed by atoms with Gasteiger partial charge in [0.05, 0.1) is 11.1 Å². The van der Waals surface area contributed by atoms with E-state index in [9.17, 15) is 4.79 Å². The Labute approximate surface area is 186 Å². The van der Waals surface area contributed by atoms with Crippen LogP contribution < -0.4 is 4.74 Å². The molecule has 0 spiro atoms. The second-order valence-electron chi connectivity index (χ2n) is 8.00. The summed E-state index contributed by atoms with van der Waals surface area (Å²) in [5, 5.41) is 9.39. The van der Waals surface area contributed by atoms with Crippen molar-refractivity contribution in [2.45, 2.75) is 45.9 Å². The van der Waals surface area contributed by atoms with Crippen molar-refractivity contribution < 1.29 is 19.1 Å². The third kappa shape index (κ3) is 4.92. The smallest absolute Gasteiger partial charge is 0.303 e. The number of carbonyl (C=O) groups is 1. The van der Waals surface area contributed by atoms with Crippen molar-refractivity contribution in [2.75, 3.05) is 6.54 Å². The lowest BCUT2D eigenvalue weighted by atomic mass is 10.0. The second-order valence-corrected chi connectivity index (χ2v) is 8.41. The number of aromatic nitrogens is 1. The van der Waals surface area contributed by atoms with Gasteiger partial charge in [0.25, 0.3) is 0 Å². The van der Waals surface area contributed by atoms with Crippen LogP contribution in [0.3, 0.4) is 0 Å². The van der Waals surface area contributed by atoms with E-state index in [0.29, 0.717) is 23.1 Å². The largest absolute Gasteiger partial charge is 0.489 e. The van der Waals surface area contributed by atoms with Gasteiger partial charge in [0.15, 0.2) is 0 Å². The van der Waals surface area contributed by atoms with Gasteiger partial charge in [-0.25, -0.2) is 4.98 Å². The first-order valence-electron chi connectivity index (χ1n) is 10.4. The van der Waals surface area contributed by atoms with Crippen LogP contribution in [-0.4, -0.2) is 33.6 Å². The number of benzene rings is 2. The van der Waals surface area contributed by atoms with Crippen molar-refractivity contribution in [3.63, 3.8) is 0 Å². The number of ether oxygens (including phenoxy) is 1. The molecule has 6 nitrogen and oxygen atoms in total. The Hall–Kier alpha value is -2.83. The summed E-state index contributed by atoms with van der Waals surface area (Å²) in [5.74, 6) is 0.384. The minimum absolute atomic E-state index is 0.0422. The number of aliphatic carboxylic acids is 1. The van der Waals surface area contributed by atoms with Gasteiger partial charge in [0.1, 0.15) is 17.7 Å². The predicted molar refractivity (Wildman–Crippen MR) is 119 cm³/mol. The summed E-state index contributed by atoms with van der Waals surface area (Å²) < 4.78 is 11.5. The lowest BCUT2D eigenvalue weighted by molar-refractivity contribution is -0.137. The van der Waals surface area contributed by atoms with E-state index in [1.807, 2.05) is 38.1 Å². The number of oxazole rings is 1. The Morgan fingerprint density at radius 3 is 2.87 bits per heavy atom. The summed E-state index contributed by atoms with van der Waals surface area (Å²) in [6.45, 7) is 6.26. The van der Waals surface area contributed by atoms with Gasteiger partial charge < -0.3 is 14.3 Å². The molecule has 0 saturated heterocycles. The summed E-state index contributed by atoms with van der Waals surface area (Å²) in [6.07, 6.45) is 2.55. The Balaban J connectivity index is 1.53. The molecule has 0 aliphatic carbocycles. The molecule has 1 aromatic heterocycles. The first-order valence-corrected chi connectivity index (χ1v) is 10.8. The Morgan fingerprint density at radius 2 is 2.13 bits per heavy atom. The molecule has 0 bridgehead atoms. The van der Waals surface area contributed by atoms with Crippen LogP contribution in [0.2, 0.25) is 5.02 Å². The van der Waals surface area contributed by atoms with E-state index in [2.05, 4.69) is 11.0 Å². The highest BCUT2D eigenvalue weighted by Gasteiger charge is 2.23. The van der Waals surface area contributed by atoms with Crippen LogP contribution in [0.1, 0.15) is 37.8 Å². The van der Waals surface area contributed by atoms with Gasteiger partial charge in [-0.1, -0.05) is 29.8 Å². The Kier molecular flexibility index (Phi) is 6.30. The summed E-state index contributed by atoms with van der Waals surface area (Å²) in [5.41, 5.74) is 5.07. The molecule has 4 rings (SSSR count). The normalized spacial score (nSPS) is 13.5. The molecule has 0 fully saturated rings. The number of nitrogens with zero attached hydrogens (tertiary/aromatic N) is 2. The third-order valence-electron chi connectivity index (χ3n) is 5.24. The topological polar surface area (TPSA) is 75.8 Å². The van der Waals surface area contributed by atoms with Gasteiger partial charge in [-0.2, -0.15) is 0 Å². The molecular weight excluding hydrogens is 416 g/mol. The monoisotopic (exact) mass is 440 g/mol. The molecular formula is C24H25ClN2O4. The minimum atomic E-state index is -0.753. The van der Waals surface area contributed by atoms with E-state index in [0.717, 1.165) is 36.5 Å². The van der Waals surface area contributed by atoms with Crippen LogP contribution in [0.5, 0.6) is 5.75 Å². The van der Waals surface area contributed by atoms with Gasteiger partial charge in [0.2, 0.25) is 5.89 Å². The van der Waals surface area contributed by atoms with Crippen LogP contribution >= 0.6 is 11.6 Å². The second kappa shape index (κ2) is 9.12. The zero-order chi connectivity index (χ0) is 22.0. The van der Waals surface area contributed by atoms with Crippen molar-refractivity contribution in [3.05, 3.63) is 58.8 Å². The van der Waals surface area contributed by atoms with E-state index in [1.165, 1.54) is 11.1 Å². The highest BCUT2D eigenvalue weighted by Crippen LogP contribution is 2.35. The zero-order valence-electron chi connectivity index (χ0n) is 17.6. The summed E-state index contributed by atoms with van der Waals surface area (Å²) in [6, 6.07) is 11.7. The van der Waals surface area contributed by atoms with E-state index < -0.39 is 5.97 Å². The fourth-order valence-electron chi connectivity index (χ4n) is 3.86. The number of hydrogen-bond donors (Lipinski definition) is 1. The van der Waals surface area contributed by atoms with Crippen LogP contribution in [0.15, 0.2) is 47.1 Å². The summed E-state index contributed by atoms with van der Waals surface area (Å²) in [4.78, 5) is 17.8. The lowest BCUT2D eigenvalue weighted by Gasteiger charge is -2.13. The summed E-state index contributed by atoms with van der Waals surface area (Å²) >= 11 is 6.36. The third-order valence-corrected chi connectivity index (χ3v) is 5.53. The molecule has 3 aromatic rings. The Morgan fingerprint density at radius 1 is 1.29 bits per heavy atom. The van der Waals surface area contributed by atoms with Crippen molar-refractivity contribution in [3.8, 4) is 28.5 Å². The SMILES string of the molecule is CC(C)Oc1ccc(-c2nc(-c3cccc4c3CN(CCCC(=O)O)C4)co2)cc1Cl. The predicted octanol–water partition coefficient (Wildman–Crippen LogP) is 5.63. The van der Waals surface area contributed by atoms with E-state index >= 15 is 0 Å². The molecule has 0 amide bonds. The maximum Gasteiger partial charge on any atom is 0.303 e. The average Bonchev–Trinajstić information content (AvgIpc) is 3.35. The first kappa shape index (κ1) is 21.4. The summed E-state index contributed by atoms with van der Waals surface area (Å²) in [7, 11) is 0. The number of carboxylic acids is 1. The van der Waals surface area contributed by atoms with Gasteiger partial charge in [0, 0.05) is 30.6 Å². The van der Waals surface area contributed by atoms with Crippen molar-refractivity contribution in [1.29, 1.82) is 0 Å². The molecule has 0 atom stereocenters. The standard InChI is InChI=1S/C24H25ClN2O4/c1-15(2)31-22-9-8-16(11-20(22)25)24-26-21(14-30-24)18-6-3-5-17-12-27(13-19(17)18)10-4-7-23(28)29/h3,5-6,8-9,11,14-15H,4,7,10,12-13H2,1-2H3,(H,28,29). The molecule has 1 aliphatic rings. The van der Waals surface area contributed by atoms with Crippen molar-refractivity contribution in [1.82, 2.24) is 9.88 Å². The number of halogens is 1. The molecule has 0 unspecified atom stereocenters. The van der Waals surface area contributed by atoms with Gasteiger partial charge in [-0.05, 0) is 56.1 Å². The Bertz CT molecular complexity index is 1090. The quantitative estimate of drug-likeness (QED) is 0.489. The molecule has 2 heterocycles. The molecule has 0 radical (unpaired) electrons. The van der Waals surface area contributed by atoms with E-state index in [1.54, 1.807) is 12.3 Å². The molecule has 7 heteroatoms. The minimum Gasteiger partial charge on any atom is -0.489 e. The lowest BCUT2D eigenvalue weighted by Crippen LogP contribution is -2.18. The van der Waals surface area contributed by atoms with Gasteiger partial charge in [-0.15, -0.1) is 0 Å². The van der Waals surface area contributed by atoms with E-state index in [4.69, 9.17) is 30.8 Å².